The largest absolute Gasteiger partial charge is 0.464 e. The van der Waals surface area contributed by atoms with Crippen LogP contribution in [0.15, 0.2) is 29.9 Å². The van der Waals surface area contributed by atoms with E-state index >= 15 is 0 Å². The van der Waals surface area contributed by atoms with Crippen molar-refractivity contribution >= 4 is 23.0 Å². The fraction of sp³-hybridized carbons (Fsp3) is 0.400. The van der Waals surface area contributed by atoms with Gasteiger partial charge in [0.2, 0.25) is 0 Å². The quantitative estimate of drug-likeness (QED) is 0.816. The number of hydrogen-bond donors (Lipinski definition) is 0. The van der Waals surface area contributed by atoms with Crippen molar-refractivity contribution in [2.45, 2.75) is 18.8 Å². The first-order valence-electron chi connectivity index (χ1n) is 6.97. The molecule has 0 spiro atoms. The predicted octanol–water partition coefficient (Wildman–Crippen LogP) is 2.71. The summed E-state index contributed by atoms with van der Waals surface area (Å²) >= 11 is 1.70. The monoisotopic (exact) mass is 303 g/mol. The van der Waals surface area contributed by atoms with E-state index < -0.39 is 0 Å². The van der Waals surface area contributed by atoms with E-state index in [9.17, 15) is 4.79 Å². The Hall–Kier alpha value is -1.95. The molecule has 0 radical (unpaired) electrons. The van der Waals surface area contributed by atoms with Crippen LogP contribution in [-0.2, 0) is 4.74 Å². The van der Waals surface area contributed by atoms with E-state index in [1.165, 1.54) is 12.1 Å². The van der Waals surface area contributed by atoms with Gasteiger partial charge in [-0.25, -0.2) is 14.8 Å². The minimum Gasteiger partial charge on any atom is -0.464 e. The third-order valence-corrected chi connectivity index (χ3v) is 4.67. The zero-order valence-electron chi connectivity index (χ0n) is 11.9. The highest BCUT2D eigenvalue weighted by molar-refractivity contribution is 7.09. The molecule has 0 amide bonds. The minimum absolute atomic E-state index is 0.387. The van der Waals surface area contributed by atoms with Gasteiger partial charge >= 0.3 is 5.97 Å². The molecular weight excluding hydrogens is 286 g/mol. The van der Waals surface area contributed by atoms with E-state index in [2.05, 4.69) is 14.9 Å². The Kier molecular flexibility index (Phi) is 4.15. The molecule has 5 nitrogen and oxygen atoms in total. The molecule has 0 N–H and O–H groups in total. The fourth-order valence-electron chi connectivity index (χ4n) is 2.74. The summed E-state index contributed by atoms with van der Waals surface area (Å²) in [5.41, 5.74) is 1.24. The maximum absolute atomic E-state index is 11.9. The number of carbonyl (C=O) groups is 1. The highest BCUT2D eigenvalue weighted by atomic mass is 32.1. The molecule has 0 aromatic carbocycles. The first-order chi connectivity index (χ1) is 10.3. The number of carbonyl (C=O) groups excluding carboxylic acids is 1. The normalized spacial score (nSPS) is 18.5. The molecule has 3 heterocycles. The maximum Gasteiger partial charge on any atom is 0.358 e. The highest BCUT2D eigenvalue weighted by Crippen LogP contribution is 2.32. The van der Waals surface area contributed by atoms with E-state index in [0.29, 0.717) is 11.6 Å². The smallest absolute Gasteiger partial charge is 0.358 e. The molecule has 2 aromatic rings. The van der Waals surface area contributed by atoms with Gasteiger partial charge in [-0.05, 0) is 25.0 Å². The van der Waals surface area contributed by atoms with Crippen molar-refractivity contribution in [1.82, 2.24) is 9.97 Å². The number of hydrogen-bond acceptors (Lipinski definition) is 6. The zero-order chi connectivity index (χ0) is 14.7. The molecular formula is C15H17N3O2S. The first-order valence-corrected chi connectivity index (χ1v) is 7.85. The standard InChI is InChI=1S/C15H17N3O2S/c1-20-15(19)13-12(5-2-6-16-13)18-8-3-4-11(10-18)14-17-7-9-21-14/h2,5-7,9,11H,3-4,8,10H2,1H3. The van der Waals surface area contributed by atoms with Gasteiger partial charge in [-0.2, -0.15) is 0 Å². The molecule has 1 aliphatic heterocycles. The molecule has 1 unspecified atom stereocenters. The van der Waals surface area contributed by atoms with Crippen molar-refractivity contribution in [3.63, 3.8) is 0 Å². The SMILES string of the molecule is COC(=O)c1ncccc1N1CCCC(c2nccs2)C1. The number of aromatic nitrogens is 2. The van der Waals surface area contributed by atoms with E-state index in [0.717, 1.165) is 31.6 Å². The van der Waals surface area contributed by atoms with Crippen molar-refractivity contribution < 1.29 is 9.53 Å². The second-order valence-corrected chi connectivity index (χ2v) is 5.94. The lowest BCUT2D eigenvalue weighted by atomic mass is 9.98. The molecule has 1 fully saturated rings. The average molecular weight is 303 g/mol. The van der Waals surface area contributed by atoms with Crippen LogP contribution in [0, 0.1) is 0 Å². The molecule has 21 heavy (non-hydrogen) atoms. The third-order valence-electron chi connectivity index (χ3n) is 3.73. The lowest BCUT2D eigenvalue weighted by Crippen LogP contribution is -2.35. The highest BCUT2D eigenvalue weighted by Gasteiger charge is 2.26. The van der Waals surface area contributed by atoms with Crippen molar-refractivity contribution in [2.24, 2.45) is 0 Å². The molecule has 0 aliphatic carbocycles. The molecule has 0 saturated carbocycles. The molecule has 1 atom stereocenters. The predicted molar refractivity (Wildman–Crippen MR) is 81.9 cm³/mol. The van der Waals surface area contributed by atoms with Gasteiger partial charge in [0.05, 0.1) is 17.8 Å². The average Bonchev–Trinajstić information content (AvgIpc) is 3.09. The van der Waals surface area contributed by atoms with Gasteiger partial charge in [-0.3, -0.25) is 0 Å². The third kappa shape index (κ3) is 2.90. The Balaban J connectivity index is 1.85. The minimum atomic E-state index is -0.387. The van der Waals surface area contributed by atoms with Crippen LogP contribution in [0.4, 0.5) is 5.69 Å². The number of nitrogens with zero attached hydrogens (tertiary/aromatic N) is 3. The summed E-state index contributed by atoms with van der Waals surface area (Å²) in [6.07, 6.45) is 5.69. The summed E-state index contributed by atoms with van der Waals surface area (Å²) in [7, 11) is 1.38. The van der Waals surface area contributed by atoms with E-state index in [4.69, 9.17) is 4.74 Å². The van der Waals surface area contributed by atoms with Gasteiger partial charge in [-0.1, -0.05) is 0 Å². The number of anilines is 1. The van der Waals surface area contributed by atoms with Gasteiger partial charge in [0, 0.05) is 36.8 Å². The Bertz CT molecular complexity index is 615. The van der Waals surface area contributed by atoms with Crippen LogP contribution in [-0.4, -0.2) is 36.1 Å². The summed E-state index contributed by atoms with van der Waals surface area (Å²) in [5.74, 6) is 0.0337. The van der Waals surface area contributed by atoms with Crippen LogP contribution in [0.3, 0.4) is 0 Å². The molecule has 1 saturated heterocycles. The Labute approximate surface area is 127 Å². The van der Waals surface area contributed by atoms with Gasteiger partial charge in [0.1, 0.15) is 0 Å². The van der Waals surface area contributed by atoms with Crippen molar-refractivity contribution in [3.8, 4) is 0 Å². The summed E-state index contributed by atoms with van der Waals surface area (Å²) in [4.78, 5) is 22.7. The summed E-state index contributed by atoms with van der Waals surface area (Å²) < 4.78 is 4.83. The zero-order valence-corrected chi connectivity index (χ0v) is 12.7. The van der Waals surface area contributed by atoms with Crippen LogP contribution < -0.4 is 4.90 Å². The lowest BCUT2D eigenvalue weighted by molar-refractivity contribution is 0.0594. The number of piperidine rings is 1. The van der Waals surface area contributed by atoms with Gasteiger partial charge < -0.3 is 9.64 Å². The van der Waals surface area contributed by atoms with Crippen LogP contribution in [0.2, 0.25) is 0 Å². The Morgan fingerprint density at radius 3 is 3.10 bits per heavy atom. The molecule has 1 aliphatic rings. The number of ether oxygens (including phenoxy) is 1. The number of esters is 1. The van der Waals surface area contributed by atoms with Crippen molar-refractivity contribution in [1.29, 1.82) is 0 Å². The first kappa shape index (κ1) is 14.0. The summed E-state index contributed by atoms with van der Waals surface area (Å²) in [6.45, 7) is 1.79. The van der Waals surface area contributed by atoms with Crippen molar-refractivity contribution in [3.05, 3.63) is 40.6 Å². The summed E-state index contributed by atoms with van der Waals surface area (Å²) in [5, 5.41) is 3.18. The molecule has 0 bridgehead atoms. The second-order valence-electron chi connectivity index (χ2n) is 5.02. The number of rotatable bonds is 3. The molecule has 6 heteroatoms. The number of pyridine rings is 1. The fourth-order valence-corrected chi connectivity index (χ4v) is 3.51. The number of methoxy groups -OCH3 is 1. The van der Waals surface area contributed by atoms with Crippen LogP contribution in [0.25, 0.3) is 0 Å². The van der Waals surface area contributed by atoms with Gasteiger partial charge in [0.25, 0.3) is 0 Å². The Morgan fingerprint density at radius 1 is 1.43 bits per heavy atom. The van der Waals surface area contributed by atoms with E-state index in [1.807, 2.05) is 23.7 Å². The van der Waals surface area contributed by atoms with Crippen LogP contribution in [0.1, 0.15) is 34.3 Å². The molecule has 110 valence electrons. The van der Waals surface area contributed by atoms with Gasteiger partial charge in [-0.15, -0.1) is 11.3 Å². The second kappa shape index (κ2) is 6.22. The maximum atomic E-state index is 11.9. The summed E-state index contributed by atoms with van der Waals surface area (Å²) in [6, 6.07) is 3.79. The Morgan fingerprint density at radius 2 is 2.33 bits per heavy atom. The van der Waals surface area contributed by atoms with Crippen LogP contribution in [0.5, 0.6) is 0 Å². The number of thiazole rings is 1. The lowest BCUT2D eigenvalue weighted by Gasteiger charge is -2.34. The van der Waals surface area contributed by atoms with E-state index in [-0.39, 0.29) is 5.97 Å². The molecule has 2 aromatic heterocycles. The van der Waals surface area contributed by atoms with E-state index in [1.54, 1.807) is 17.5 Å². The molecule has 3 rings (SSSR count). The van der Waals surface area contributed by atoms with Crippen molar-refractivity contribution in [2.75, 3.05) is 25.1 Å². The van der Waals surface area contributed by atoms with Crippen LogP contribution >= 0.6 is 11.3 Å². The topological polar surface area (TPSA) is 55.3 Å². The van der Waals surface area contributed by atoms with Gasteiger partial charge in [0.15, 0.2) is 5.69 Å².